The summed E-state index contributed by atoms with van der Waals surface area (Å²) in [5.41, 5.74) is 1.56. The van der Waals surface area contributed by atoms with E-state index in [1.165, 1.54) is 86.0 Å². The Morgan fingerprint density at radius 2 is 1.05 bits per heavy atom. The maximum Gasteiger partial charge on any atom is 0.327 e. The molecule has 0 bridgehead atoms. The summed E-state index contributed by atoms with van der Waals surface area (Å²) in [5.74, 6) is -10.7. The lowest BCUT2D eigenvalue weighted by molar-refractivity contribution is -0.152. The van der Waals surface area contributed by atoms with Gasteiger partial charge in [0.2, 0.25) is 53.2 Å². The second-order valence-corrected chi connectivity index (χ2v) is 29.2. The van der Waals surface area contributed by atoms with Crippen LogP contribution in [0.1, 0.15) is 138 Å². The molecule has 0 spiro atoms. The van der Waals surface area contributed by atoms with Gasteiger partial charge in [-0.2, -0.15) is 0 Å². The molecule has 564 valence electrons. The molecule has 2 aliphatic heterocycles. The molecule has 0 radical (unpaired) electrons. The lowest BCUT2D eigenvalue weighted by atomic mass is 9.94. The smallest absolute Gasteiger partial charge is 0.327 e. The first-order valence-electron chi connectivity index (χ1n) is 35.8. The third kappa shape index (κ3) is 22.8. The SMILES string of the molecule is CC[C@H](C)C1C(=O)NC([C@@H](C)O)C(=O)N(C)C(=O)N(C)C(CC(C)C)N[C@H](C(=O)N2CCCCC2)C(=O)N(C)C(C(C)C)C(=O)NC(COCc2cncc(F)c2)C(=O)N(C)C(CC(C)C)C(=O)N(C)C(Cc2ccccc2)C(=O)NC(CC(C)C)C(=O)N(C)[C@H](Cc2ccccc2)C(=O)N1C. The number of nitrogens with zero attached hydrogens (tertiary/aromatic N) is 9. The summed E-state index contributed by atoms with van der Waals surface area (Å²) in [5, 5.41) is 23.0. The number of amides is 12. The van der Waals surface area contributed by atoms with E-state index < -0.39 is 156 Å². The predicted octanol–water partition coefficient (Wildman–Crippen LogP) is 4.85. The molecular formula is C75H114FN13O13. The van der Waals surface area contributed by atoms with Crippen LogP contribution in [-0.2, 0) is 72.1 Å². The first kappa shape index (κ1) is 84.2. The number of imide groups is 1. The third-order valence-corrected chi connectivity index (χ3v) is 19.3. The van der Waals surface area contributed by atoms with Gasteiger partial charge in [0.1, 0.15) is 54.2 Å². The van der Waals surface area contributed by atoms with Crippen LogP contribution >= 0.6 is 0 Å². The number of urea groups is 1. The van der Waals surface area contributed by atoms with Crippen LogP contribution in [0.3, 0.4) is 0 Å². The number of nitrogens with one attached hydrogen (secondary N) is 4. The van der Waals surface area contributed by atoms with Gasteiger partial charge in [-0.05, 0) is 97.8 Å². The zero-order valence-corrected chi connectivity index (χ0v) is 63.2. The van der Waals surface area contributed by atoms with Crippen molar-refractivity contribution in [2.75, 3.05) is 69.0 Å². The Morgan fingerprint density at radius 1 is 0.549 bits per heavy atom. The molecule has 26 nitrogen and oxygen atoms in total. The highest BCUT2D eigenvalue weighted by molar-refractivity contribution is 6.06. The van der Waals surface area contributed by atoms with Gasteiger partial charge in [0.25, 0.3) is 5.91 Å². The van der Waals surface area contributed by atoms with Gasteiger partial charge in [-0.15, -0.1) is 0 Å². The fourth-order valence-electron chi connectivity index (χ4n) is 13.3. The van der Waals surface area contributed by atoms with Crippen molar-refractivity contribution in [1.82, 2.24) is 65.5 Å². The molecule has 3 heterocycles. The van der Waals surface area contributed by atoms with E-state index in [9.17, 15) is 19.1 Å². The van der Waals surface area contributed by atoms with Crippen LogP contribution in [0.25, 0.3) is 0 Å². The minimum atomic E-state index is -1.79. The normalized spacial score (nSPS) is 24.8. The van der Waals surface area contributed by atoms with Gasteiger partial charge in [0.05, 0.1) is 31.7 Å². The van der Waals surface area contributed by atoms with E-state index in [4.69, 9.17) is 4.74 Å². The first-order chi connectivity index (χ1) is 48.0. The molecule has 3 aromatic rings. The molecule has 5 rings (SSSR count). The van der Waals surface area contributed by atoms with E-state index in [0.29, 0.717) is 48.4 Å². The highest BCUT2D eigenvalue weighted by Crippen LogP contribution is 2.25. The highest BCUT2D eigenvalue weighted by Gasteiger charge is 2.46. The summed E-state index contributed by atoms with van der Waals surface area (Å²) < 4.78 is 20.6. The summed E-state index contributed by atoms with van der Waals surface area (Å²) in [7, 11) is 9.51. The summed E-state index contributed by atoms with van der Waals surface area (Å²) in [6, 6.07) is 4.69. The Labute approximate surface area is 602 Å². The predicted molar refractivity (Wildman–Crippen MR) is 384 cm³/mol. The van der Waals surface area contributed by atoms with Crippen molar-refractivity contribution in [2.24, 2.45) is 29.6 Å². The zero-order valence-electron chi connectivity index (χ0n) is 63.2. The van der Waals surface area contributed by atoms with E-state index in [1.54, 1.807) is 88.4 Å². The quantitative estimate of drug-likeness (QED) is 0.100. The van der Waals surface area contributed by atoms with Crippen molar-refractivity contribution < 1.29 is 67.0 Å². The Balaban J connectivity index is 1.77. The number of hydrogen-bond donors (Lipinski definition) is 5. The summed E-state index contributed by atoms with van der Waals surface area (Å²) in [6.45, 7) is 18.9. The molecule has 12 atom stereocenters. The van der Waals surface area contributed by atoms with Gasteiger partial charge >= 0.3 is 6.03 Å². The number of carbonyl (C=O) groups excluding carboxylic acids is 11. The maximum absolute atomic E-state index is 15.7. The van der Waals surface area contributed by atoms with Gasteiger partial charge in [0.15, 0.2) is 6.04 Å². The number of hydrogen-bond acceptors (Lipinski definition) is 15. The maximum atomic E-state index is 15.7. The number of halogens is 1. The van der Waals surface area contributed by atoms with Crippen LogP contribution in [0.5, 0.6) is 0 Å². The van der Waals surface area contributed by atoms with Crippen LogP contribution in [0.2, 0.25) is 0 Å². The lowest BCUT2D eigenvalue weighted by Gasteiger charge is -2.40. The van der Waals surface area contributed by atoms with Crippen molar-refractivity contribution >= 4 is 65.1 Å². The summed E-state index contributed by atoms with van der Waals surface area (Å²) >= 11 is 0. The number of ether oxygens (including phenoxy) is 1. The topological polar surface area (TPSA) is 304 Å². The molecule has 5 N–H and O–H groups in total. The number of piperidine rings is 1. The number of likely N-dealkylation sites (N-methyl/N-ethyl adjacent to an activating group) is 6. The second kappa shape index (κ2) is 39.3. The van der Waals surface area contributed by atoms with E-state index in [1.807, 2.05) is 41.5 Å². The Kier molecular flexibility index (Phi) is 32.4. The number of aliphatic hydroxyl groups excluding tert-OH is 1. The molecule has 2 saturated heterocycles. The lowest BCUT2D eigenvalue weighted by Crippen LogP contribution is -2.65. The molecule has 2 fully saturated rings. The number of aromatic nitrogens is 1. The molecule has 12 amide bonds. The average molecular weight is 1420 g/mol. The zero-order chi connectivity index (χ0) is 76.1. The van der Waals surface area contributed by atoms with E-state index >= 15 is 43.2 Å². The Hall–Kier alpha value is -8.43. The number of benzene rings is 2. The standard InChI is InChI=1S/C75H114FN13O13/c1-19-49(10)64-67(93)81-61(50(11)90)72(98)88(18)75(101)85(15)60(37-47(6)7)80-62(74(100)89-33-27-22-28-34-89)73(99)86(16)63(48(8)9)66(92)79-56(44-102-43-53-38-54(76)42-77-41-53)69(95)83(13)58(36-46(4)5)70(96)82(12)57(39-51-29-23-20-24-30-51)65(91)78-55(35-45(2)3)68(94)84(14)59(71(97)87(64)17)40-52-31-25-21-26-32-52/h20-21,23-26,29-32,38,41-42,45-50,55-64,80,90H,19,22,27-28,33-37,39-40,43-44H2,1-18H3,(H,78,91)(H,79,92)(H,81,93)/t49-,50+,55?,56?,57?,58?,59+,60?,61?,62-,63?,64?/m0/s1. The van der Waals surface area contributed by atoms with Crippen molar-refractivity contribution in [1.29, 1.82) is 0 Å². The van der Waals surface area contributed by atoms with Crippen molar-refractivity contribution in [3.05, 3.63) is 102 Å². The van der Waals surface area contributed by atoms with Crippen LogP contribution in [0.4, 0.5) is 9.18 Å². The molecule has 102 heavy (non-hydrogen) atoms. The van der Waals surface area contributed by atoms with Crippen molar-refractivity contribution in [3.63, 3.8) is 0 Å². The molecule has 27 heteroatoms. The van der Waals surface area contributed by atoms with Crippen LogP contribution in [-0.4, -0.2) is 250 Å². The highest BCUT2D eigenvalue weighted by atomic mass is 19.1. The second-order valence-electron chi connectivity index (χ2n) is 29.2. The molecule has 1 aromatic heterocycles. The Bertz CT molecular complexity index is 3320. The largest absolute Gasteiger partial charge is 0.391 e. The van der Waals surface area contributed by atoms with Gasteiger partial charge in [-0.25, -0.2) is 9.18 Å². The average Bonchev–Trinajstić information content (AvgIpc) is 0.814. The minimum Gasteiger partial charge on any atom is -0.391 e. The number of rotatable bonds is 19. The van der Waals surface area contributed by atoms with Gasteiger partial charge in [-0.3, -0.25) is 63.1 Å². The number of pyridine rings is 1. The van der Waals surface area contributed by atoms with Crippen molar-refractivity contribution in [2.45, 2.75) is 207 Å². The summed E-state index contributed by atoms with van der Waals surface area (Å²) in [4.78, 5) is 182. The van der Waals surface area contributed by atoms with Crippen LogP contribution in [0.15, 0.2) is 79.1 Å². The summed E-state index contributed by atoms with van der Waals surface area (Å²) in [6.07, 6.45) is 1.98. The third-order valence-electron chi connectivity index (χ3n) is 19.3. The van der Waals surface area contributed by atoms with E-state index in [2.05, 4.69) is 26.3 Å². The molecule has 8 unspecified atom stereocenters. The number of likely N-dealkylation sites (tertiary alicyclic amines) is 1. The van der Waals surface area contributed by atoms with E-state index in [0.717, 1.165) is 29.5 Å². The van der Waals surface area contributed by atoms with E-state index in [-0.39, 0.29) is 62.0 Å². The molecule has 2 aliphatic rings. The monoisotopic (exact) mass is 1420 g/mol. The van der Waals surface area contributed by atoms with Crippen LogP contribution in [0, 0.1) is 35.4 Å². The van der Waals surface area contributed by atoms with Gasteiger partial charge in [0, 0.05) is 81.5 Å². The molecule has 2 aromatic carbocycles. The fourth-order valence-corrected chi connectivity index (χ4v) is 13.3. The van der Waals surface area contributed by atoms with Crippen molar-refractivity contribution in [3.8, 4) is 0 Å². The molecular weight excluding hydrogens is 1310 g/mol. The van der Waals surface area contributed by atoms with Crippen LogP contribution < -0.4 is 21.3 Å². The number of carbonyl (C=O) groups is 11. The number of aliphatic hydroxyl groups is 1. The van der Waals surface area contributed by atoms with Gasteiger partial charge < -0.3 is 60.1 Å². The minimum absolute atomic E-state index is 0.0310. The molecule has 0 saturated carbocycles. The first-order valence-corrected chi connectivity index (χ1v) is 35.8. The fraction of sp³-hybridized carbons (Fsp3) is 0.627. The van der Waals surface area contributed by atoms with Gasteiger partial charge in [-0.1, -0.05) is 136 Å². The molecule has 0 aliphatic carbocycles. The Morgan fingerprint density at radius 3 is 1.58 bits per heavy atom.